The summed E-state index contributed by atoms with van der Waals surface area (Å²) in [7, 11) is -3.61. The molecule has 1 amide bonds. The zero-order valence-corrected chi connectivity index (χ0v) is 18.1. The highest BCUT2D eigenvalue weighted by Crippen LogP contribution is 2.31. The van der Waals surface area contributed by atoms with Gasteiger partial charge in [-0.15, -0.1) is 4.40 Å². The molecular formula is C24H25N3O3S. The fourth-order valence-corrected chi connectivity index (χ4v) is 5.92. The summed E-state index contributed by atoms with van der Waals surface area (Å²) in [6.45, 7) is 2.68. The number of amidine groups is 1. The summed E-state index contributed by atoms with van der Waals surface area (Å²) in [5.74, 6) is 0.719. The number of hydrogen-bond donors (Lipinski definition) is 0. The van der Waals surface area contributed by atoms with E-state index < -0.39 is 10.0 Å². The predicted octanol–water partition coefficient (Wildman–Crippen LogP) is 3.16. The molecule has 3 heterocycles. The van der Waals surface area contributed by atoms with Crippen LogP contribution in [0.15, 0.2) is 70.0 Å². The molecule has 3 aliphatic rings. The van der Waals surface area contributed by atoms with Crippen LogP contribution in [0.4, 0.5) is 0 Å². The van der Waals surface area contributed by atoms with Crippen molar-refractivity contribution in [3.8, 4) is 0 Å². The van der Waals surface area contributed by atoms with E-state index in [0.717, 1.165) is 13.0 Å². The van der Waals surface area contributed by atoms with Gasteiger partial charge in [0.05, 0.1) is 0 Å². The van der Waals surface area contributed by atoms with Crippen LogP contribution in [0.25, 0.3) is 5.57 Å². The van der Waals surface area contributed by atoms with Crippen LogP contribution < -0.4 is 0 Å². The number of fused-ring (bicyclic) bond motifs is 1. The van der Waals surface area contributed by atoms with Gasteiger partial charge >= 0.3 is 0 Å². The number of carbonyl (C=O) groups is 1. The van der Waals surface area contributed by atoms with Crippen molar-refractivity contribution in [2.24, 2.45) is 10.3 Å². The topological polar surface area (TPSA) is 70.0 Å². The minimum absolute atomic E-state index is 0.0169. The minimum atomic E-state index is -3.61. The quantitative estimate of drug-likeness (QED) is 0.727. The molecule has 0 aromatic heterocycles. The predicted molar refractivity (Wildman–Crippen MR) is 120 cm³/mol. The lowest BCUT2D eigenvalue weighted by atomic mass is 9.93. The molecule has 5 rings (SSSR count). The Labute approximate surface area is 182 Å². The Morgan fingerprint density at radius 2 is 1.65 bits per heavy atom. The molecule has 0 N–H and O–H groups in total. The van der Waals surface area contributed by atoms with Gasteiger partial charge in [0, 0.05) is 37.7 Å². The summed E-state index contributed by atoms with van der Waals surface area (Å²) in [6.07, 6.45) is 4.47. The van der Waals surface area contributed by atoms with Crippen molar-refractivity contribution in [2.75, 3.05) is 26.2 Å². The van der Waals surface area contributed by atoms with Crippen molar-refractivity contribution < 1.29 is 13.2 Å². The maximum atomic E-state index is 13.1. The Balaban J connectivity index is 1.22. The highest BCUT2D eigenvalue weighted by atomic mass is 32.2. The van der Waals surface area contributed by atoms with Gasteiger partial charge in [0.15, 0.2) is 5.84 Å². The number of sulfonamides is 1. The number of piperidine rings is 1. The van der Waals surface area contributed by atoms with Crippen molar-refractivity contribution >= 4 is 27.3 Å². The number of rotatable bonds is 2. The Kier molecular flexibility index (Phi) is 5.14. The third-order valence-electron chi connectivity index (χ3n) is 6.42. The highest BCUT2D eigenvalue weighted by Gasteiger charge is 2.35. The van der Waals surface area contributed by atoms with E-state index in [1.165, 1.54) is 11.1 Å². The Bertz CT molecular complexity index is 1160. The van der Waals surface area contributed by atoms with Gasteiger partial charge in [-0.25, -0.2) is 0 Å². The molecule has 2 aromatic carbocycles. The lowest BCUT2D eigenvalue weighted by molar-refractivity contribution is -0.136. The smallest absolute Gasteiger partial charge is 0.285 e. The first-order chi connectivity index (χ1) is 15.0. The van der Waals surface area contributed by atoms with Crippen LogP contribution in [-0.4, -0.2) is 56.1 Å². The molecule has 0 radical (unpaired) electrons. The van der Waals surface area contributed by atoms with Gasteiger partial charge in [-0.05, 0) is 42.5 Å². The molecule has 0 saturated carbocycles. The first-order valence-electron chi connectivity index (χ1n) is 10.8. The zero-order chi connectivity index (χ0) is 21.4. The molecule has 0 bridgehead atoms. The van der Waals surface area contributed by atoms with E-state index in [9.17, 15) is 13.2 Å². The maximum absolute atomic E-state index is 13.1. The van der Waals surface area contributed by atoms with E-state index in [2.05, 4.69) is 22.6 Å². The van der Waals surface area contributed by atoms with Crippen molar-refractivity contribution in [3.63, 3.8) is 0 Å². The molecule has 160 valence electrons. The summed E-state index contributed by atoms with van der Waals surface area (Å²) in [4.78, 5) is 17.3. The molecule has 1 fully saturated rings. The minimum Gasteiger partial charge on any atom is -0.355 e. The Morgan fingerprint density at radius 3 is 2.35 bits per heavy atom. The lowest BCUT2D eigenvalue weighted by Gasteiger charge is -2.36. The molecule has 7 heteroatoms. The number of likely N-dealkylation sites (tertiary alicyclic amines) is 1. The van der Waals surface area contributed by atoms with Gasteiger partial charge in [0.2, 0.25) is 5.91 Å². The van der Waals surface area contributed by atoms with E-state index in [1.807, 2.05) is 34.1 Å². The molecule has 0 atom stereocenters. The third-order valence-corrected chi connectivity index (χ3v) is 7.75. The third kappa shape index (κ3) is 3.78. The van der Waals surface area contributed by atoms with Crippen LogP contribution >= 0.6 is 0 Å². The van der Waals surface area contributed by atoms with Gasteiger partial charge in [-0.3, -0.25) is 4.79 Å². The van der Waals surface area contributed by atoms with E-state index in [-0.39, 0.29) is 16.7 Å². The average molecular weight is 436 g/mol. The normalized spacial score (nSPS) is 20.8. The van der Waals surface area contributed by atoms with E-state index >= 15 is 0 Å². The summed E-state index contributed by atoms with van der Waals surface area (Å²) in [5, 5.41) is 0. The maximum Gasteiger partial charge on any atom is 0.285 e. The molecule has 0 spiro atoms. The number of benzene rings is 2. The van der Waals surface area contributed by atoms with Crippen LogP contribution in [-0.2, 0) is 14.8 Å². The van der Waals surface area contributed by atoms with E-state index in [1.54, 1.807) is 18.2 Å². The molecule has 0 unspecified atom stereocenters. The van der Waals surface area contributed by atoms with E-state index in [0.29, 0.717) is 43.9 Å². The molecular weight excluding hydrogens is 410 g/mol. The molecule has 31 heavy (non-hydrogen) atoms. The fraction of sp³-hybridized carbons (Fsp3) is 0.333. The van der Waals surface area contributed by atoms with Crippen LogP contribution in [0, 0.1) is 5.92 Å². The Hall–Kier alpha value is -2.93. The number of carbonyl (C=O) groups excluding carboxylic acids is 1. The van der Waals surface area contributed by atoms with Gasteiger partial charge in [-0.1, -0.05) is 48.5 Å². The summed E-state index contributed by atoms with van der Waals surface area (Å²) in [5.41, 5.74) is 3.20. The SMILES string of the molecule is O=C(C1CCN(C2=NS(=O)(=O)c3ccccc32)CC1)N1CC=C(c2ccccc2)CC1. The first kappa shape index (κ1) is 20.0. The van der Waals surface area contributed by atoms with Crippen molar-refractivity contribution in [2.45, 2.75) is 24.2 Å². The van der Waals surface area contributed by atoms with E-state index in [4.69, 9.17) is 0 Å². The second-order valence-electron chi connectivity index (χ2n) is 8.28. The van der Waals surface area contributed by atoms with Crippen LogP contribution in [0.3, 0.4) is 0 Å². The molecule has 1 saturated heterocycles. The second-order valence-corrected chi connectivity index (χ2v) is 9.85. The highest BCUT2D eigenvalue weighted by molar-refractivity contribution is 7.90. The monoisotopic (exact) mass is 435 g/mol. The van der Waals surface area contributed by atoms with Crippen molar-refractivity contribution in [1.29, 1.82) is 0 Å². The molecule has 0 aliphatic carbocycles. The van der Waals surface area contributed by atoms with Crippen LogP contribution in [0.1, 0.15) is 30.4 Å². The number of amides is 1. The van der Waals surface area contributed by atoms with Crippen LogP contribution in [0.5, 0.6) is 0 Å². The Morgan fingerprint density at radius 1 is 0.935 bits per heavy atom. The molecule has 3 aliphatic heterocycles. The number of hydrogen-bond acceptors (Lipinski definition) is 4. The average Bonchev–Trinajstić information content (AvgIpc) is 3.10. The summed E-state index contributed by atoms with van der Waals surface area (Å²) in [6, 6.07) is 17.3. The second kappa shape index (κ2) is 7.96. The van der Waals surface area contributed by atoms with Gasteiger partial charge in [0.1, 0.15) is 4.90 Å². The molecule has 2 aromatic rings. The largest absolute Gasteiger partial charge is 0.355 e. The summed E-state index contributed by atoms with van der Waals surface area (Å²) >= 11 is 0. The van der Waals surface area contributed by atoms with Crippen molar-refractivity contribution in [1.82, 2.24) is 9.80 Å². The van der Waals surface area contributed by atoms with Crippen LogP contribution in [0.2, 0.25) is 0 Å². The van der Waals surface area contributed by atoms with Crippen molar-refractivity contribution in [3.05, 3.63) is 71.8 Å². The fourth-order valence-electron chi connectivity index (χ4n) is 4.70. The molecule has 6 nitrogen and oxygen atoms in total. The van der Waals surface area contributed by atoms with Gasteiger partial charge in [-0.2, -0.15) is 8.42 Å². The lowest BCUT2D eigenvalue weighted by Crippen LogP contribution is -2.45. The standard InChI is InChI=1S/C24H25N3O3S/c28-24(27-16-10-19(11-17-27)18-6-2-1-3-7-18)20-12-14-26(15-13-20)23-21-8-4-5-9-22(21)31(29,30)25-23/h1-10,20H,11-17H2. The number of nitrogens with zero attached hydrogens (tertiary/aromatic N) is 3. The van der Waals surface area contributed by atoms with Gasteiger partial charge in [0.25, 0.3) is 10.0 Å². The first-order valence-corrected chi connectivity index (χ1v) is 12.2. The zero-order valence-electron chi connectivity index (χ0n) is 17.3. The summed E-state index contributed by atoms with van der Waals surface area (Å²) < 4.78 is 28.7. The van der Waals surface area contributed by atoms with Gasteiger partial charge < -0.3 is 9.80 Å².